The summed E-state index contributed by atoms with van der Waals surface area (Å²) in [6.07, 6.45) is 0.100. The molecule has 0 amide bonds. The Balaban J connectivity index is 2.34. The van der Waals surface area contributed by atoms with Crippen LogP contribution in [0, 0.1) is 0 Å². The zero-order valence-corrected chi connectivity index (χ0v) is 13.3. The molecule has 5 heteroatoms. The number of carbonyl (C=O) groups is 1. The molecule has 0 aromatic heterocycles. The highest BCUT2D eigenvalue weighted by molar-refractivity contribution is 5.90. The molecule has 0 fully saturated rings. The van der Waals surface area contributed by atoms with Crippen molar-refractivity contribution in [1.82, 2.24) is 0 Å². The molecule has 5 nitrogen and oxygen atoms in total. The Morgan fingerprint density at radius 1 is 1.09 bits per heavy atom. The topological polar surface area (TPSA) is 81.8 Å². The van der Waals surface area contributed by atoms with Gasteiger partial charge in [-0.1, -0.05) is 36.4 Å². The maximum Gasteiger partial charge on any atom is 0.174 e. The van der Waals surface area contributed by atoms with Crippen LogP contribution in [0.4, 0.5) is 0 Å². The predicted octanol–water partition coefficient (Wildman–Crippen LogP) is 1.66. The Morgan fingerprint density at radius 3 is 2.30 bits per heavy atom. The van der Waals surface area contributed by atoms with Crippen LogP contribution in [0.5, 0.6) is 11.5 Å². The highest BCUT2D eigenvalue weighted by Crippen LogP contribution is 2.33. The second kappa shape index (κ2) is 7.26. The molecule has 1 unspecified atom stereocenters. The maximum atomic E-state index is 12.6. The van der Waals surface area contributed by atoms with Crippen molar-refractivity contribution < 1.29 is 19.4 Å². The molecule has 0 saturated carbocycles. The van der Waals surface area contributed by atoms with Gasteiger partial charge in [0.05, 0.1) is 14.2 Å². The number of ether oxygens (including phenoxy) is 2. The minimum absolute atomic E-state index is 0.100. The van der Waals surface area contributed by atoms with E-state index < -0.39 is 5.60 Å². The summed E-state index contributed by atoms with van der Waals surface area (Å²) in [5.74, 6) is 0.592. The Morgan fingerprint density at radius 2 is 1.74 bits per heavy atom. The van der Waals surface area contributed by atoms with E-state index in [1.165, 1.54) is 14.2 Å². The van der Waals surface area contributed by atoms with Crippen molar-refractivity contribution in [2.75, 3.05) is 20.8 Å². The van der Waals surface area contributed by atoms with Crippen LogP contribution >= 0.6 is 0 Å². The van der Waals surface area contributed by atoms with Crippen LogP contribution in [0.1, 0.15) is 11.1 Å². The smallest absolute Gasteiger partial charge is 0.174 e. The number of ketones is 1. The van der Waals surface area contributed by atoms with E-state index in [1.807, 2.05) is 30.3 Å². The van der Waals surface area contributed by atoms with Crippen LogP contribution in [0.25, 0.3) is 0 Å². The molecule has 122 valence electrons. The summed E-state index contributed by atoms with van der Waals surface area (Å²) in [5.41, 5.74) is 5.16. The summed E-state index contributed by atoms with van der Waals surface area (Å²) in [7, 11) is 3.02. The molecular weight excluding hydrogens is 294 g/mol. The number of benzene rings is 2. The predicted molar refractivity (Wildman–Crippen MR) is 87.7 cm³/mol. The van der Waals surface area contributed by atoms with Gasteiger partial charge < -0.3 is 20.3 Å². The van der Waals surface area contributed by atoms with Crippen LogP contribution in [-0.2, 0) is 16.8 Å². The van der Waals surface area contributed by atoms with Gasteiger partial charge in [0.2, 0.25) is 0 Å². The summed E-state index contributed by atoms with van der Waals surface area (Å²) in [6, 6.07) is 14.1. The van der Waals surface area contributed by atoms with Crippen molar-refractivity contribution in [2.24, 2.45) is 5.73 Å². The third-order valence-corrected chi connectivity index (χ3v) is 3.83. The van der Waals surface area contributed by atoms with E-state index in [1.54, 1.807) is 18.2 Å². The minimum Gasteiger partial charge on any atom is -0.493 e. The lowest BCUT2D eigenvalue weighted by Crippen LogP contribution is -2.43. The fourth-order valence-corrected chi connectivity index (χ4v) is 2.41. The number of rotatable bonds is 7. The molecule has 1 atom stereocenters. The average Bonchev–Trinajstić information content (AvgIpc) is 2.61. The molecule has 2 aromatic rings. The summed E-state index contributed by atoms with van der Waals surface area (Å²) in [5, 5.41) is 10.8. The molecule has 0 spiro atoms. The van der Waals surface area contributed by atoms with Crippen molar-refractivity contribution >= 4 is 5.78 Å². The number of Topliss-reactive ketones (excluding diaryl/α,β-unsaturated/α-hetero) is 1. The molecule has 0 saturated heterocycles. The van der Waals surface area contributed by atoms with E-state index in [9.17, 15) is 9.90 Å². The lowest BCUT2D eigenvalue weighted by Gasteiger charge is -2.26. The van der Waals surface area contributed by atoms with Gasteiger partial charge in [-0.15, -0.1) is 0 Å². The highest BCUT2D eigenvalue weighted by atomic mass is 16.5. The van der Waals surface area contributed by atoms with E-state index in [0.29, 0.717) is 17.1 Å². The fraction of sp³-hybridized carbons (Fsp3) is 0.278. The zero-order valence-electron chi connectivity index (χ0n) is 13.3. The van der Waals surface area contributed by atoms with Gasteiger partial charge >= 0.3 is 0 Å². The lowest BCUT2D eigenvalue weighted by atomic mass is 9.86. The van der Waals surface area contributed by atoms with Gasteiger partial charge in [-0.2, -0.15) is 0 Å². The highest BCUT2D eigenvalue weighted by Gasteiger charge is 2.36. The van der Waals surface area contributed by atoms with Gasteiger partial charge in [0, 0.05) is 13.0 Å². The molecule has 2 aromatic carbocycles. The van der Waals surface area contributed by atoms with Crippen LogP contribution < -0.4 is 15.2 Å². The van der Waals surface area contributed by atoms with Gasteiger partial charge in [-0.3, -0.25) is 4.79 Å². The molecule has 2 rings (SSSR count). The van der Waals surface area contributed by atoms with Crippen LogP contribution in [0.3, 0.4) is 0 Å². The van der Waals surface area contributed by atoms with Crippen LogP contribution in [0.2, 0.25) is 0 Å². The SMILES string of the molecule is COc1ccc(C(O)(CN)C(=O)Cc2ccccc2)cc1OC. The van der Waals surface area contributed by atoms with E-state index in [0.717, 1.165) is 5.56 Å². The number of hydrogen-bond acceptors (Lipinski definition) is 5. The standard InChI is InChI=1S/C18H21NO4/c1-22-15-9-8-14(11-16(15)23-2)18(21,12-19)17(20)10-13-6-4-3-5-7-13/h3-9,11,21H,10,12,19H2,1-2H3. The van der Waals surface area contributed by atoms with Gasteiger partial charge in [-0.05, 0) is 23.3 Å². The van der Waals surface area contributed by atoms with Gasteiger partial charge in [0.25, 0.3) is 0 Å². The quantitative estimate of drug-likeness (QED) is 0.812. The zero-order chi connectivity index (χ0) is 16.9. The average molecular weight is 315 g/mol. The molecule has 0 radical (unpaired) electrons. The van der Waals surface area contributed by atoms with Crippen molar-refractivity contribution in [2.45, 2.75) is 12.0 Å². The van der Waals surface area contributed by atoms with Crippen molar-refractivity contribution in [3.8, 4) is 11.5 Å². The Kier molecular flexibility index (Phi) is 5.36. The Labute approximate surface area is 135 Å². The monoisotopic (exact) mass is 315 g/mol. The second-order valence-corrected chi connectivity index (χ2v) is 5.22. The molecule has 0 aliphatic heterocycles. The maximum absolute atomic E-state index is 12.6. The van der Waals surface area contributed by atoms with Crippen LogP contribution in [-0.4, -0.2) is 31.7 Å². The molecule has 0 aliphatic carbocycles. The van der Waals surface area contributed by atoms with Gasteiger partial charge in [0.15, 0.2) is 22.9 Å². The Hall–Kier alpha value is -2.37. The van der Waals surface area contributed by atoms with Crippen molar-refractivity contribution in [1.29, 1.82) is 0 Å². The number of hydrogen-bond donors (Lipinski definition) is 2. The summed E-state index contributed by atoms with van der Waals surface area (Å²) in [6.45, 7) is -0.214. The van der Waals surface area contributed by atoms with Crippen molar-refractivity contribution in [3.63, 3.8) is 0 Å². The molecule has 0 heterocycles. The first-order valence-corrected chi connectivity index (χ1v) is 7.27. The lowest BCUT2D eigenvalue weighted by molar-refractivity contribution is -0.136. The van der Waals surface area contributed by atoms with Crippen LogP contribution in [0.15, 0.2) is 48.5 Å². The summed E-state index contributed by atoms with van der Waals surface area (Å²) in [4.78, 5) is 12.6. The van der Waals surface area contributed by atoms with E-state index in [4.69, 9.17) is 15.2 Å². The van der Waals surface area contributed by atoms with Crippen molar-refractivity contribution in [3.05, 3.63) is 59.7 Å². The first-order valence-electron chi connectivity index (χ1n) is 7.27. The fourth-order valence-electron chi connectivity index (χ4n) is 2.41. The van der Waals surface area contributed by atoms with Gasteiger partial charge in [-0.25, -0.2) is 0 Å². The first-order chi connectivity index (χ1) is 11.0. The molecule has 0 bridgehead atoms. The number of aliphatic hydroxyl groups is 1. The first kappa shape index (κ1) is 17.0. The minimum atomic E-state index is -1.77. The molecular formula is C18H21NO4. The van der Waals surface area contributed by atoms with Gasteiger partial charge in [0.1, 0.15) is 0 Å². The number of nitrogens with two attached hydrogens (primary N) is 1. The number of methoxy groups -OCH3 is 2. The third kappa shape index (κ3) is 3.52. The molecule has 0 aliphatic rings. The van der Waals surface area contributed by atoms with E-state index in [-0.39, 0.29) is 18.7 Å². The Bertz CT molecular complexity index is 672. The molecule has 23 heavy (non-hydrogen) atoms. The largest absolute Gasteiger partial charge is 0.493 e. The van der Waals surface area contributed by atoms with E-state index in [2.05, 4.69) is 0 Å². The third-order valence-electron chi connectivity index (χ3n) is 3.83. The number of carbonyl (C=O) groups excluding carboxylic acids is 1. The summed E-state index contributed by atoms with van der Waals surface area (Å²) < 4.78 is 10.4. The normalized spacial score (nSPS) is 13.2. The second-order valence-electron chi connectivity index (χ2n) is 5.22. The summed E-state index contributed by atoms with van der Waals surface area (Å²) >= 11 is 0. The van der Waals surface area contributed by atoms with E-state index >= 15 is 0 Å². The molecule has 3 N–H and O–H groups in total.